The summed E-state index contributed by atoms with van der Waals surface area (Å²) in [5.74, 6) is 0. The molecule has 3 aromatic carbocycles. The maximum atomic E-state index is 12.7. The Hall–Kier alpha value is -2.16. The second kappa shape index (κ2) is 16.7. The largest absolute Gasteiger partial charge is 0.392 e. The minimum absolute atomic E-state index is 0.755. The Balaban J connectivity index is 1.66. The van der Waals surface area contributed by atoms with Crippen molar-refractivity contribution in [3.63, 3.8) is 0 Å². The highest BCUT2D eigenvalue weighted by molar-refractivity contribution is 7.13. The van der Waals surface area contributed by atoms with Crippen LogP contribution >= 0.6 is 0 Å². The van der Waals surface area contributed by atoms with Gasteiger partial charge in [-0.2, -0.15) is 0 Å². The first-order valence-electron chi connectivity index (χ1n) is 15.6. The summed E-state index contributed by atoms with van der Waals surface area (Å²) in [5.41, 5.74) is 0. The van der Waals surface area contributed by atoms with E-state index in [1.807, 2.05) is 0 Å². The zero-order valence-corrected chi connectivity index (χ0v) is 25.2. The molecule has 3 rings (SSSR count). The topological polar surface area (TPSA) is 20.2 Å². The second-order valence-electron chi connectivity index (χ2n) is 11.2. The van der Waals surface area contributed by atoms with Crippen molar-refractivity contribution in [2.75, 3.05) is 0 Å². The van der Waals surface area contributed by atoms with Crippen molar-refractivity contribution in [3.05, 3.63) is 91.0 Å². The van der Waals surface area contributed by atoms with Crippen LogP contribution in [0.25, 0.3) is 0 Å². The van der Waals surface area contributed by atoms with Crippen molar-refractivity contribution >= 4 is 23.6 Å². The molecule has 0 spiro atoms. The summed E-state index contributed by atoms with van der Waals surface area (Å²) in [6.45, 7) is 4.48. The first-order valence-corrected chi connectivity index (χ1v) is 17.6. The van der Waals surface area contributed by atoms with Gasteiger partial charge in [-0.25, -0.2) is 0 Å². The first-order chi connectivity index (χ1) is 18.7. The Morgan fingerprint density at radius 2 is 0.789 bits per heavy atom. The molecule has 0 bridgehead atoms. The number of hydrogen-bond acceptors (Lipinski definition) is 1. The Kier molecular flexibility index (Phi) is 13.4. The molecular weight excluding hydrogens is 476 g/mol. The van der Waals surface area contributed by atoms with E-state index in [1.54, 1.807) is 0 Å². The molecule has 0 saturated carbocycles. The number of aliphatic hydroxyl groups is 1. The van der Waals surface area contributed by atoms with E-state index in [9.17, 15) is 5.11 Å². The maximum Gasteiger partial charge on any atom is 0.182 e. The van der Waals surface area contributed by atoms with E-state index in [1.165, 1.54) is 92.6 Å². The monoisotopic (exact) mass is 528 g/mol. The summed E-state index contributed by atoms with van der Waals surface area (Å²) < 4.78 is 0. The van der Waals surface area contributed by atoms with Gasteiger partial charge < -0.3 is 5.11 Å². The van der Waals surface area contributed by atoms with Gasteiger partial charge in [0.05, 0.1) is 5.22 Å². The molecule has 0 amide bonds. The molecule has 1 N–H and O–H groups in total. The number of hydrogen-bond donors (Lipinski definition) is 1. The Morgan fingerprint density at radius 3 is 1.11 bits per heavy atom. The molecule has 0 aromatic heterocycles. The highest BCUT2D eigenvalue weighted by Gasteiger charge is 2.54. The third kappa shape index (κ3) is 7.93. The molecule has 1 atom stereocenters. The lowest BCUT2D eigenvalue weighted by Gasteiger charge is -2.47. The van der Waals surface area contributed by atoms with E-state index < -0.39 is 13.3 Å². The predicted octanol–water partition coefficient (Wildman–Crippen LogP) is 8.32. The lowest BCUT2D eigenvalue weighted by Crippen LogP contribution is -2.79. The predicted molar refractivity (Wildman–Crippen MR) is 170 cm³/mol. The van der Waals surface area contributed by atoms with Crippen LogP contribution in [0.2, 0.25) is 0 Å². The Labute approximate surface area is 234 Å². The molecule has 38 heavy (non-hydrogen) atoms. The maximum absolute atomic E-state index is 12.7. The standard InChI is InChI=1S/C36H52OSi/c1-3-5-6-7-8-9-10-11-12-13-14-15-25-32-36(37,4-2)38(33-26-19-16-20-27-33,34-28-21-17-22-29-34)35-30-23-18-24-31-35/h16-24,26-31,37H,3-15,25,32H2,1-2H3/t36-/m0/s1. The summed E-state index contributed by atoms with van der Waals surface area (Å²) >= 11 is 0. The molecule has 0 aliphatic carbocycles. The van der Waals surface area contributed by atoms with E-state index in [4.69, 9.17) is 0 Å². The molecule has 0 saturated heterocycles. The van der Waals surface area contributed by atoms with E-state index in [2.05, 4.69) is 105 Å². The fourth-order valence-electron chi connectivity index (χ4n) is 6.44. The van der Waals surface area contributed by atoms with Crippen LogP contribution in [0, 0.1) is 0 Å². The molecule has 206 valence electrons. The summed E-state index contributed by atoms with van der Waals surface area (Å²) in [6.07, 6.45) is 19.1. The molecule has 0 heterocycles. The normalized spacial score (nSPS) is 13.3. The van der Waals surface area contributed by atoms with Gasteiger partial charge in [0.2, 0.25) is 0 Å². The molecular formula is C36H52OSi. The molecule has 2 heteroatoms. The summed E-state index contributed by atoms with van der Waals surface area (Å²) in [5, 5.41) is 15.9. The van der Waals surface area contributed by atoms with Crippen molar-refractivity contribution < 1.29 is 5.11 Å². The SMILES string of the molecule is CCCCCCCCCCCCCCC[C@](O)(CC)[Si](c1ccccc1)(c1ccccc1)c1ccccc1. The van der Waals surface area contributed by atoms with Crippen LogP contribution in [-0.4, -0.2) is 18.4 Å². The number of unbranched alkanes of at least 4 members (excludes halogenated alkanes) is 12. The highest BCUT2D eigenvalue weighted by Crippen LogP contribution is 2.31. The van der Waals surface area contributed by atoms with Crippen LogP contribution in [0.3, 0.4) is 0 Å². The summed E-state index contributed by atoms with van der Waals surface area (Å²) in [6, 6.07) is 32.7. The van der Waals surface area contributed by atoms with Crippen LogP contribution in [0.4, 0.5) is 0 Å². The van der Waals surface area contributed by atoms with Gasteiger partial charge >= 0.3 is 0 Å². The lowest BCUT2D eigenvalue weighted by molar-refractivity contribution is 0.102. The molecule has 1 nitrogen and oxygen atoms in total. The summed E-state index contributed by atoms with van der Waals surface area (Å²) in [7, 11) is -2.72. The number of benzene rings is 3. The van der Waals surface area contributed by atoms with Gasteiger partial charge in [0.25, 0.3) is 0 Å². The molecule has 0 unspecified atom stereocenters. The van der Waals surface area contributed by atoms with Gasteiger partial charge in [0, 0.05) is 0 Å². The molecule has 0 radical (unpaired) electrons. The zero-order valence-electron chi connectivity index (χ0n) is 24.2. The van der Waals surface area contributed by atoms with Crippen LogP contribution in [-0.2, 0) is 0 Å². The van der Waals surface area contributed by atoms with Gasteiger partial charge in [0.1, 0.15) is 0 Å². The van der Waals surface area contributed by atoms with Crippen molar-refractivity contribution in [1.29, 1.82) is 0 Å². The van der Waals surface area contributed by atoms with Crippen molar-refractivity contribution in [3.8, 4) is 0 Å². The third-order valence-corrected chi connectivity index (χ3v) is 14.2. The molecule has 3 aromatic rings. The van der Waals surface area contributed by atoms with Crippen molar-refractivity contribution in [2.45, 2.75) is 115 Å². The molecule has 0 aliphatic heterocycles. The van der Waals surface area contributed by atoms with Gasteiger partial charge in [-0.05, 0) is 28.4 Å². The van der Waals surface area contributed by atoms with Crippen LogP contribution in [0.1, 0.15) is 110 Å². The van der Waals surface area contributed by atoms with Gasteiger partial charge in [-0.3, -0.25) is 0 Å². The average Bonchev–Trinajstić information content (AvgIpc) is 2.97. The van der Waals surface area contributed by atoms with Crippen molar-refractivity contribution in [2.24, 2.45) is 0 Å². The fraction of sp³-hybridized carbons (Fsp3) is 0.500. The number of rotatable bonds is 19. The third-order valence-electron chi connectivity index (χ3n) is 8.60. The van der Waals surface area contributed by atoms with Crippen LogP contribution in [0.15, 0.2) is 91.0 Å². The van der Waals surface area contributed by atoms with Crippen molar-refractivity contribution in [1.82, 2.24) is 0 Å². The Morgan fingerprint density at radius 1 is 0.474 bits per heavy atom. The van der Waals surface area contributed by atoms with Crippen LogP contribution in [0.5, 0.6) is 0 Å². The first kappa shape index (κ1) is 30.4. The average molecular weight is 529 g/mol. The van der Waals surface area contributed by atoms with Gasteiger partial charge in [0.15, 0.2) is 8.07 Å². The highest BCUT2D eigenvalue weighted by atomic mass is 28.3. The van der Waals surface area contributed by atoms with E-state index in [0.29, 0.717) is 0 Å². The second-order valence-corrected chi connectivity index (χ2v) is 15.4. The minimum atomic E-state index is -2.72. The van der Waals surface area contributed by atoms with Crippen LogP contribution < -0.4 is 15.6 Å². The molecule has 0 aliphatic rings. The minimum Gasteiger partial charge on any atom is -0.392 e. The van der Waals surface area contributed by atoms with Gasteiger partial charge in [-0.1, -0.05) is 188 Å². The smallest absolute Gasteiger partial charge is 0.182 e. The Bertz CT molecular complexity index is 891. The summed E-state index contributed by atoms with van der Waals surface area (Å²) in [4.78, 5) is 0. The zero-order chi connectivity index (χ0) is 26.9. The van der Waals surface area contributed by atoms with E-state index in [0.717, 1.165) is 19.3 Å². The van der Waals surface area contributed by atoms with E-state index >= 15 is 0 Å². The quantitative estimate of drug-likeness (QED) is 0.0942. The molecule has 0 fully saturated rings. The van der Waals surface area contributed by atoms with E-state index in [-0.39, 0.29) is 0 Å². The fourth-order valence-corrected chi connectivity index (χ4v) is 12.2. The van der Waals surface area contributed by atoms with Gasteiger partial charge in [-0.15, -0.1) is 0 Å². The lowest BCUT2D eigenvalue weighted by atomic mass is 10.0.